The van der Waals surface area contributed by atoms with Gasteiger partial charge in [-0.2, -0.15) is 0 Å². The van der Waals surface area contributed by atoms with Gasteiger partial charge in [0.2, 0.25) is 0 Å². The molecule has 0 heterocycles. The molecule has 0 spiro atoms. The smallest absolute Gasteiger partial charge is 0.317 e. The summed E-state index contributed by atoms with van der Waals surface area (Å²) in [7, 11) is 1.78. The first-order chi connectivity index (χ1) is 8.17. The van der Waals surface area contributed by atoms with Gasteiger partial charge in [0.15, 0.2) is 0 Å². The SMILES string of the molecule is C=CCNC(=O)N(C)Cc1ccc(CC)cc1. The number of benzene rings is 1. The van der Waals surface area contributed by atoms with E-state index in [1.807, 2.05) is 0 Å². The number of carbonyl (C=O) groups is 1. The minimum absolute atomic E-state index is 0.0792. The van der Waals surface area contributed by atoms with E-state index in [1.165, 1.54) is 5.56 Å². The molecule has 0 aliphatic rings. The molecule has 2 amide bonds. The third kappa shape index (κ3) is 4.31. The lowest BCUT2D eigenvalue weighted by Gasteiger charge is -2.17. The molecule has 17 heavy (non-hydrogen) atoms. The van der Waals surface area contributed by atoms with Crippen LogP contribution in [0.15, 0.2) is 36.9 Å². The van der Waals surface area contributed by atoms with Crippen LogP contribution in [-0.4, -0.2) is 24.5 Å². The van der Waals surface area contributed by atoms with Gasteiger partial charge in [-0.25, -0.2) is 4.79 Å². The van der Waals surface area contributed by atoms with Gasteiger partial charge in [0, 0.05) is 20.1 Å². The molecule has 1 aromatic rings. The second-order valence-electron chi connectivity index (χ2n) is 4.00. The van der Waals surface area contributed by atoms with Crippen LogP contribution in [0.1, 0.15) is 18.1 Å². The minimum Gasteiger partial charge on any atom is -0.335 e. The van der Waals surface area contributed by atoms with Crippen molar-refractivity contribution >= 4 is 6.03 Å². The van der Waals surface area contributed by atoms with E-state index in [2.05, 4.69) is 43.1 Å². The van der Waals surface area contributed by atoms with E-state index in [-0.39, 0.29) is 6.03 Å². The predicted octanol–water partition coefficient (Wildman–Crippen LogP) is 2.58. The number of urea groups is 1. The number of carbonyl (C=O) groups excluding carboxylic acids is 1. The zero-order valence-corrected chi connectivity index (χ0v) is 10.6. The molecule has 0 aliphatic carbocycles. The molecule has 0 fully saturated rings. The fourth-order valence-electron chi connectivity index (χ4n) is 1.52. The van der Waals surface area contributed by atoms with Crippen LogP contribution in [0, 0.1) is 0 Å². The lowest BCUT2D eigenvalue weighted by atomic mass is 10.1. The van der Waals surface area contributed by atoms with Crippen LogP contribution in [0.2, 0.25) is 0 Å². The molecule has 3 nitrogen and oxygen atoms in total. The molecular formula is C14H20N2O. The largest absolute Gasteiger partial charge is 0.335 e. The van der Waals surface area contributed by atoms with Crippen molar-refractivity contribution in [2.45, 2.75) is 19.9 Å². The standard InChI is InChI=1S/C14H20N2O/c1-4-10-15-14(17)16(3)11-13-8-6-12(5-2)7-9-13/h4,6-9H,1,5,10-11H2,2-3H3,(H,15,17). The number of hydrogen-bond donors (Lipinski definition) is 1. The van der Waals surface area contributed by atoms with E-state index in [0.717, 1.165) is 12.0 Å². The lowest BCUT2D eigenvalue weighted by Crippen LogP contribution is -2.36. The van der Waals surface area contributed by atoms with Crippen LogP contribution < -0.4 is 5.32 Å². The first kappa shape index (κ1) is 13.3. The second-order valence-corrected chi connectivity index (χ2v) is 4.00. The Morgan fingerprint density at radius 3 is 2.47 bits per heavy atom. The number of hydrogen-bond acceptors (Lipinski definition) is 1. The monoisotopic (exact) mass is 232 g/mol. The van der Waals surface area contributed by atoms with Gasteiger partial charge in [-0.1, -0.05) is 37.3 Å². The quantitative estimate of drug-likeness (QED) is 0.777. The van der Waals surface area contributed by atoms with Crippen molar-refractivity contribution in [1.82, 2.24) is 10.2 Å². The van der Waals surface area contributed by atoms with Gasteiger partial charge in [-0.15, -0.1) is 6.58 Å². The highest BCUT2D eigenvalue weighted by Crippen LogP contribution is 2.07. The summed E-state index contributed by atoms with van der Waals surface area (Å²) in [4.78, 5) is 13.3. The Morgan fingerprint density at radius 2 is 1.94 bits per heavy atom. The number of aryl methyl sites for hydroxylation is 1. The summed E-state index contributed by atoms with van der Waals surface area (Å²) < 4.78 is 0. The highest BCUT2D eigenvalue weighted by Gasteiger charge is 2.07. The van der Waals surface area contributed by atoms with E-state index < -0.39 is 0 Å². The minimum atomic E-state index is -0.0792. The second kappa shape index (κ2) is 6.74. The van der Waals surface area contributed by atoms with Crippen LogP contribution in [0.3, 0.4) is 0 Å². The molecule has 0 aliphatic heterocycles. The van der Waals surface area contributed by atoms with Gasteiger partial charge in [-0.3, -0.25) is 0 Å². The first-order valence-electron chi connectivity index (χ1n) is 5.85. The van der Waals surface area contributed by atoms with Crippen LogP contribution >= 0.6 is 0 Å². The third-order valence-electron chi connectivity index (χ3n) is 2.60. The fourth-order valence-corrected chi connectivity index (χ4v) is 1.52. The van der Waals surface area contributed by atoms with Crippen LogP contribution in [0.25, 0.3) is 0 Å². The van der Waals surface area contributed by atoms with Gasteiger partial charge in [-0.05, 0) is 17.5 Å². The molecule has 0 bridgehead atoms. The Labute approximate surface area is 103 Å². The average Bonchev–Trinajstić information content (AvgIpc) is 2.36. The van der Waals surface area contributed by atoms with E-state index >= 15 is 0 Å². The molecule has 1 aromatic carbocycles. The molecule has 92 valence electrons. The molecular weight excluding hydrogens is 212 g/mol. The van der Waals surface area contributed by atoms with E-state index in [1.54, 1.807) is 18.0 Å². The average molecular weight is 232 g/mol. The maximum Gasteiger partial charge on any atom is 0.317 e. The summed E-state index contributed by atoms with van der Waals surface area (Å²) in [6, 6.07) is 8.26. The molecule has 0 radical (unpaired) electrons. The van der Waals surface area contributed by atoms with Gasteiger partial charge >= 0.3 is 6.03 Å². The number of nitrogens with one attached hydrogen (secondary N) is 1. The Hall–Kier alpha value is -1.77. The molecule has 0 aromatic heterocycles. The Morgan fingerprint density at radius 1 is 1.35 bits per heavy atom. The number of nitrogens with zero attached hydrogens (tertiary/aromatic N) is 1. The summed E-state index contributed by atoms with van der Waals surface area (Å²) >= 11 is 0. The predicted molar refractivity (Wildman–Crippen MR) is 70.9 cm³/mol. The molecule has 0 atom stereocenters. The Bertz CT molecular complexity index is 370. The van der Waals surface area contributed by atoms with Crippen molar-refractivity contribution in [3.05, 3.63) is 48.0 Å². The van der Waals surface area contributed by atoms with Crippen molar-refractivity contribution in [3.63, 3.8) is 0 Å². The van der Waals surface area contributed by atoms with Crippen molar-refractivity contribution in [1.29, 1.82) is 0 Å². The summed E-state index contributed by atoms with van der Waals surface area (Å²) in [5.74, 6) is 0. The number of rotatable bonds is 5. The van der Waals surface area contributed by atoms with Gasteiger partial charge in [0.1, 0.15) is 0 Å². The summed E-state index contributed by atoms with van der Waals surface area (Å²) in [5.41, 5.74) is 2.45. The maximum atomic E-state index is 11.6. The summed E-state index contributed by atoms with van der Waals surface area (Å²) in [5, 5.41) is 2.74. The highest BCUT2D eigenvalue weighted by molar-refractivity contribution is 5.73. The highest BCUT2D eigenvalue weighted by atomic mass is 16.2. The van der Waals surface area contributed by atoms with Gasteiger partial charge < -0.3 is 10.2 Å². The third-order valence-corrected chi connectivity index (χ3v) is 2.60. The van der Waals surface area contributed by atoms with E-state index in [4.69, 9.17) is 0 Å². The van der Waals surface area contributed by atoms with Crippen molar-refractivity contribution in [2.75, 3.05) is 13.6 Å². The van der Waals surface area contributed by atoms with Crippen LogP contribution in [0.5, 0.6) is 0 Å². The Kier molecular flexibility index (Phi) is 5.27. The van der Waals surface area contributed by atoms with Crippen molar-refractivity contribution < 1.29 is 4.79 Å². The zero-order valence-electron chi connectivity index (χ0n) is 10.6. The lowest BCUT2D eigenvalue weighted by molar-refractivity contribution is 0.208. The van der Waals surface area contributed by atoms with E-state index in [0.29, 0.717) is 13.1 Å². The molecule has 3 heteroatoms. The normalized spacial score (nSPS) is 9.76. The topological polar surface area (TPSA) is 32.3 Å². The summed E-state index contributed by atoms with van der Waals surface area (Å²) in [6.07, 6.45) is 2.71. The van der Waals surface area contributed by atoms with Gasteiger partial charge in [0.25, 0.3) is 0 Å². The first-order valence-corrected chi connectivity index (χ1v) is 5.85. The number of amides is 2. The van der Waals surface area contributed by atoms with E-state index in [9.17, 15) is 4.79 Å². The zero-order chi connectivity index (χ0) is 12.7. The molecule has 0 unspecified atom stereocenters. The molecule has 1 rings (SSSR count). The van der Waals surface area contributed by atoms with Crippen LogP contribution in [-0.2, 0) is 13.0 Å². The van der Waals surface area contributed by atoms with Crippen molar-refractivity contribution in [3.8, 4) is 0 Å². The maximum absolute atomic E-state index is 11.6. The van der Waals surface area contributed by atoms with Gasteiger partial charge in [0.05, 0.1) is 0 Å². The molecule has 0 saturated carbocycles. The summed E-state index contributed by atoms with van der Waals surface area (Å²) in [6.45, 7) is 6.81. The Balaban J connectivity index is 2.51. The molecule has 0 saturated heterocycles. The molecule has 1 N–H and O–H groups in total. The fraction of sp³-hybridized carbons (Fsp3) is 0.357. The van der Waals surface area contributed by atoms with Crippen LogP contribution in [0.4, 0.5) is 4.79 Å². The van der Waals surface area contributed by atoms with Crippen molar-refractivity contribution in [2.24, 2.45) is 0 Å².